The maximum atomic E-state index is 6.60. The van der Waals surface area contributed by atoms with Crippen molar-refractivity contribution in [2.75, 3.05) is 0 Å². The molecule has 1 nitrogen and oxygen atoms in total. The maximum Gasteiger partial charge on any atom is 0.0128 e. The van der Waals surface area contributed by atoms with Crippen molar-refractivity contribution < 1.29 is 0 Å². The van der Waals surface area contributed by atoms with Gasteiger partial charge in [0.2, 0.25) is 0 Å². The average Bonchev–Trinajstić information content (AvgIpc) is 2.78. The van der Waals surface area contributed by atoms with E-state index in [2.05, 4.69) is 48.5 Å². The molecule has 0 aliphatic heterocycles. The van der Waals surface area contributed by atoms with Crippen molar-refractivity contribution in [3.05, 3.63) is 0 Å². The first-order valence-corrected chi connectivity index (χ1v) is 11.7. The van der Waals surface area contributed by atoms with Crippen LogP contribution in [0.4, 0.5) is 0 Å². The molecular formula is C25H45N. The number of hydrogen-bond acceptors (Lipinski definition) is 1. The Kier molecular flexibility index (Phi) is 4.26. The molecule has 0 aromatic rings. The van der Waals surface area contributed by atoms with Gasteiger partial charge in [-0.3, -0.25) is 0 Å². The first-order valence-electron chi connectivity index (χ1n) is 11.7. The van der Waals surface area contributed by atoms with E-state index in [4.69, 9.17) is 5.73 Å². The van der Waals surface area contributed by atoms with Gasteiger partial charge in [0.1, 0.15) is 0 Å². The number of nitrogens with two attached hydrogens (primary N) is 1. The highest BCUT2D eigenvalue weighted by Gasteiger charge is 2.63. The molecule has 9 atom stereocenters. The zero-order valence-electron chi connectivity index (χ0n) is 18.7. The molecule has 0 aromatic heterocycles. The summed E-state index contributed by atoms with van der Waals surface area (Å²) in [5.41, 5.74) is 8.30. The molecule has 26 heavy (non-hydrogen) atoms. The molecule has 0 heterocycles. The van der Waals surface area contributed by atoms with E-state index in [1.807, 2.05) is 0 Å². The third-order valence-corrected chi connectivity index (χ3v) is 10.3. The lowest BCUT2D eigenvalue weighted by Gasteiger charge is -2.62. The Morgan fingerprint density at radius 3 is 2.19 bits per heavy atom. The van der Waals surface area contributed by atoms with Gasteiger partial charge in [-0.2, -0.15) is 0 Å². The van der Waals surface area contributed by atoms with Gasteiger partial charge in [0.25, 0.3) is 0 Å². The van der Waals surface area contributed by atoms with Gasteiger partial charge in [-0.1, -0.05) is 41.5 Å². The lowest BCUT2D eigenvalue weighted by Crippen LogP contribution is -2.57. The van der Waals surface area contributed by atoms with E-state index in [1.54, 1.807) is 0 Å². The SMILES string of the molecule is CC1CC2C3CCC4CC(C)(N)CCC4(C)C3CCC2(C)C1C(C)(C)C. The molecule has 4 aliphatic carbocycles. The molecule has 9 unspecified atom stereocenters. The summed E-state index contributed by atoms with van der Waals surface area (Å²) in [6.45, 7) is 17.8. The number of rotatable bonds is 0. The van der Waals surface area contributed by atoms with Crippen LogP contribution >= 0.6 is 0 Å². The second-order valence-electron chi connectivity index (χ2n) is 13.1. The van der Waals surface area contributed by atoms with E-state index >= 15 is 0 Å². The second kappa shape index (κ2) is 5.74. The average molecular weight is 360 g/mol. The Balaban J connectivity index is 1.63. The van der Waals surface area contributed by atoms with Gasteiger partial charge in [0.15, 0.2) is 0 Å². The van der Waals surface area contributed by atoms with Crippen LogP contribution in [0.25, 0.3) is 0 Å². The van der Waals surface area contributed by atoms with E-state index in [9.17, 15) is 0 Å². The topological polar surface area (TPSA) is 26.0 Å². The molecule has 2 N–H and O–H groups in total. The summed E-state index contributed by atoms with van der Waals surface area (Å²) in [5, 5.41) is 0. The van der Waals surface area contributed by atoms with Crippen LogP contribution in [0.2, 0.25) is 0 Å². The van der Waals surface area contributed by atoms with Crippen molar-refractivity contribution in [2.45, 2.75) is 105 Å². The zero-order chi connectivity index (χ0) is 19.1. The number of fused-ring (bicyclic) bond motifs is 5. The molecule has 4 aliphatic rings. The largest absolute Gasteiger partial charge is 0.325 e. The van der Waals surface area contributed by atoms with E-state index in [0.29, 0.717) is 16.2 Å². The van der Waals surface area contributed by atoms with Crippen LogP contribution in [0.1, 0.15) is 99.8 Å². The van der Waals surface area contributed by atoms with Crippen molar-refractivity contribution >= 4 is 0 Å². The summed E-state index contributed by atoms with van der Waals surface area (Å²) < 4.78 is 0. The third kappa shape index (κ3) is 2.66. The van der Waals surface area contributed by atoms with E-state index in [0.717, 1.165) is 35.5 Å². The predicted octanol–water partition coefficient (Wildman–Crippen LogP) is 6.65. The minimum atomic E-state index is 0.0966. The van der Waals surface area contributed by atoms with Crippen LogP contribution in [0.5, 0.6) is 0 Å². The second-order valence-corrected chi connectivity index (χ2v) is 13.1. The molecule has 4 saturated carbocycles. The fraction of sp³-hybridized carbons (Fsp3) is 1.00. The molecule has 0 saturated heterocycles. The van der Waals surface area contributed by atoms with Crippen LogP contribution in [0.15, 0.2) is 0 Å². The Labute approximate surface area is 163 Å². The lowest BCUT2D eigenvalue weighted by molar-refractivity contribution is -0.126. The summed E-state index contributed by atoms with van der Waals surface area (Å²) in [7, 11) is 0. The molecule has 4 fully saturated rings. The Morgan fingerprint density at radius 1 is 0.846 bits per heavy atom. The summed E-state index contributed by atoms with van der Waals surface area (Å²) in [6.07, 6.45) is 11.3. The molecule has 1 heteroatoms. The normalized spacial score (nSPS) is 57.2. The van der Waals surface area contributed by atoms with Crippen molar-refractivity contribution in [2.24, 2.45) is 57.5 Å². The van der Waals surface area contributed by atoms with Gasteiger partial charge >= 0.3 is 0 Å². The van der Waals surface area contributed by atoms with Crippen LogP contribution in [-0.2, 0) is 0 Å². The van der Waals surface area contributed by atoms with Gasteiger partial charge < -0.3 is 5.73 Å². The minimum Gasteiger partial charge on any atom is -0.325 e. The van der Waals surface area contributed by atoms with Gasteiger partial charge in [0.05, 0.1) is 0 Å². The van der Waals surface area contributed by atoms with Crippen molar-refractivity contribution in [3.8, 4) is 0 Å². The molecule has 0 bridgehead atoms. The molecular weight excluding hydrogens is 314 g/mol. The smallest absolute Gasteiger partial charge is 0.0128 e. The Bertz CT molecular complexity index is 557. The predicted molar refractivity (Wildman–Crippen MR) is 112 cm³/mol. The van der Waals surface area contributed by atoms with Crippen molar-refractivity contribution in [3.63, 3.8) is 0 Å². The first-order chi connectivity index (χ1) is 11.9. The first kappa shape index (κ1) is 19.3. The van der Waals surface area contributed by atoms with Gasteiger partial charge in [-0.25, -0.2) is 0 Å². The highest BCUT2D eigenvalue weighted by molar-refractivity contribution is 5.12. The van der Waals surface area contributed by atoms with Crippen LogP contribution < -0.4 is 5.73 Å². The highest BCUT2D eigenvalue weighted by Crippen LogP contribution is 2.70. The minimum absolute atomic E-state index is 0.0966. The third-order valence-electron chi connectivity index (χ3n) is 10.3. The van der Waals surface area contributed by atoms with E-state index in [1.165, 1.54) is 51.4 Å². The van der Waals surface area contributed by atoms with Crippen LogP contribution in [0, 0.1) is 51.8 Å². The summed E-state index contributed by atoms with van der Waals surface area (Å²) in [6, 6.07) is 0. The van der Waals surface area contributed by atoms with E-state index in [-0.39, 0.29) is 5.54 Å². The molecule has 150 valence electrons. The maximum absolute atomic E-state index is 6.60. The standard InChI is InChI=1S/C25H45N/c1-16-14-20-18-9-8-17-15-23(5,26)12-13-24(17,6)19(18)10-11-25(20,7)21(16)22(2,3)4/h16-21H,8-15,26H2,1-7H3. The molecule has 4 rings (SSSR count). The van der Waals surface area contributed by atoms with Crippen molar-refractivity contribution in [1.29, 1.82) is 0 Å². The van der Waals surface area contributed by atoms with E-state index < -0.39 is 0 Å². The molecule has 0 radical (unpaired) electrons. The monoisotopic (exact) mass is 359 g/mol. The molecule has 0 spiro atoms. The van der Waals surface area contributed by atoms with Crippen LogP contribution in [-0.4, -0.2) is 5.54 Å². The fourth-order valence-electron chi connectivity index (χ4n) is 9.69. The van der Waals surface area contributed by atoms with Gasteiger partial charge in [-0.05, 0) is 110 Å². The quantitative estimate of drug-likeness (QED) is 0.514. The Morgan fingerprint density at radius 2 is 1.54 bits per heavy atom. The van der Waals surface area contributed by atoms with Gasteiger partial charge in [-0.15, -0.1) is 0 Å². The fourth-order valence-corrected chi connectivity index (χ4v) is 9.69. The highest BCUT2D eigenvalue weighted by atomic mass is 14.8. The van der Waals surface area contributed by atoms with Crippen LogP contribution in [0.3, 0.4) is 0 Å². The molecule has 0 aromatic carbocycles. The van der Waals surface area contributed by atoms with Gasteiger partial charge in [0, 0.05) is 5.54 Å². The Hall–Kier alpha value is -0.0400. The zero-order valence-corrected chi connectivity index (χ0v) is 18.7. The summed E-state index contributed by atoms with van der Waals surface area (Å²) in [5.74, 6) is 5.62. The van der Waals surface area contributed by atoms with Crippen molar-refractivity contribution in [1.82, 2.24) is 0 Å². The number of hydrogen-bond donors (Lipinski definition) is 1. The summed E-state index contributed by atoms with van der Waals surface area (Å²) in [4.78, 5) is 0. The molecule has 0 amide bonds. The lowest BCUT2D eigenvalue weighted by atomic mass is 9.43. The summed E-state index contributed by atoms with van der Waals surface area (Å²) >= 11 is 0.